The number of nitrogens with zero attached hydrogens (tertiary/aromatic N) is 3. The summed E-state index contributed by atoms with van der Waals surface area (Å²) in [7, 11) is 0. The van der Waals surface area contributed by atoms with Gasteiger partial charge in [0.25, 0.3) is 0 Å². The van der Waals surface area contributed by atoms with Crippen molar-refractivity contribution in [2.24, 2.45) is 0 Å². The first-order valence-electron chi connectivity index (χ1n) is 11.9. The fraction of sp³-hybridized carbons (Fsp3) is 0.480. The van der Waals surface area contributed by atoms with Crippen molar-refractivity contribution in [1.82, 2.24) is 20.3 Å². The molecule has 0 radical (unpaired) electrons. The summed E-state index contributed by atoms with van der Waals surface area (Å²) >= 11 is 1.53. The lowest BCUT2D eigenvalue weighted by molar-refractivity contribution is 0.0108. The molecular weight excluding hydrogens is 437 g/mol. The Morgan fingerprint density at radius 1 is 1.12 bits per heavy atom. The fourth-order valence-corrected chi connectivity index (χ4v) is 5.97. The van der Waals surface area contributed by atoms with Gasteiger partial charge in [-0.15, -0.1) is 11.3 Å². The Morgan fingerprint density at radius 2 is 1.94 bits per heavy atom. The third kappa shape index (κ3) is 5.39. The third-order valence-corrected chi connectivity index (χ3v) is 7.69. The molecule has 33 heavy (non-hydrogen) atoms. The largest absolute Gasteiger partial charge is 0.389 e. The van der Waals surface area contributed by atoms with E-state index in [0.717, 1.165) is 41.5 Å². The molecule has 5 rings (SSSR count). The summed E-state index contributed by atoms with van der Waals surface area (Å²) in [6.07, 6.45) is 9.68. The summed E-state index contributed by atoms with van der Waals surface area (Å²) < 4.78 is 14.0. The number of aromatic nitrogens is 3. The van der Waals surface area contributed by atoms with Crippen LogP contribution in [-0.2, 0) is 6.42 Å². The maximum Gasteiger partial charge on any atom is 0.223 e. The minimum absolute atomic E-state index is 0.299. The van der Waals surface area contributed by atoms with Crippen molar-refractivity contribution >= 4 is 17.3 Å². The third-order valence-electron chi connectivity index (χ3n) is 6.61. The summed E-state index contributed by atoms with van der Waals surface area (Å²) in [4.78, 5) is 15.0. The number of anilines is 1. The van der Waals surface area contributed by atoms with E-state index in [1.54, 1.807) is 12.3 Å². The van der Waals surface area contributed by atoms with Crippen molar-refractivity contribution in [2.45, 2.75) is 63.0 Å². The Hall–Kier alpha value is -2.42. The summed E-state index contributed by atoms with van der Waals surface area (Å²) in [5.41, 5.74) is 1.42. The molecule has 0 atom stereocenters. The second-order valence-corrected chi connectivity index (χ2v) is 10.3. The van der Waals surface area contributed by atoms with Crippen LogP contribution < -0.4 is 10.6 Å². The van der Waals surface area contributed by atoms with Crippen molar-refractivity contribution in [3.05, 3.63) is 47.4 Å². The highest BCUT2D eigenvalue weighted by molar-refractivity contribution is 7.15. The zero-order valence-electron chi connectivity index (χ0n) is 18.7. The maximum atomic E-state index is 14.0. The zero-order valence-corrected chi connectivity index (χ0v) is 19.5. The van der Waals surface area contributed by atoms with Crippen LogP contribution in [0.4, 0.5) is 10.3 Å². The van der Waals surface area contributed by atoms with Crippen molar-refractivity contribution in [3.63, 3.8) is 0 Å². The number of halogens is 1. The van der Waals surface area contributed by atoms with Gasteiger partial charge in [-0.2, -0.15) is 0 Å². The van der Waals surface area contributed by atoms with Crippen LogP contribution >= 0.6 is 11.3 Å². The second-order valence-electron chi connectivity index (χ2n) is 9.19. The van der Waals surface area contributed by atoms with Gasteiger partial charge in [0.1, 0.15) is 5.82 Å². The number of hydrogen-bond acceptors (Lipinski definition) is 7. The lowest BCUT2D eigenvalue weighted by Crippen LogP contribution is -2.43. The van der Waals surface area contributed by atoms with Crippen molar-refractivity contribution < 1.29 is 9.50 Å². The first-order chi connectivity index (χ1) is 16.1. The molecule has 1 aliphatic carbocycles. The van der Waals surface area contributed by atoms with E-state index in [4.69, 9.17) is 9.97 Å². The molecule has 3 heterocycles. The van der Waals surface area contributed by atoms with E-state index in [0.29, 0.717) is 42.5 Å². The minimum atomic E-state index is -0.765. The van der Waals surface area contributed by atoms with E-state index in [1.165, 1.54) is 42.7 Å². The molecule has 2 fully saturated rings. The van der Waals surface area contributed by atoms with Gasteiger partial charge in [-0.1, -0.05) is 31.4 Å². The standard InChI is InChI=1S/C25H30FN5OS/c26-18-6-4-5-17(15-18)22-23(33-21(31-22)16-25(32)10-13-27-14-11-25)20-9-12-28-24(30-20)29-19-7-2-1-3-8-19/h4-6,9,12,15,19,27,32H,1-3,7-8,10-11,13-14,16H2,(H,28,29,30). The molecule has 6 nitrogen and oxygen atoms in total. The predicted molar refractivity (Wildman–Crippen MR) is 130 cm³/mol. The molecule has 2 aliphatic rings. The topological polar surface area (TPSA) is 83.0 Å². The Kier molecular flexibility index (Phi) is 6.66. The number of hydrogen-bond donors (Lipinski definition) is 3. The molecule has 0 unspecified atom stereocenters. The van der Waals surface area contributed by atoms with Gasteiger partial charge in [-0.05, 0) is 57.0 Å². The quantitative estimate of drug-likeness (QED) is 0.483. The first-order valence-corrected chi connectivity index (χ1v) is 12.7. The van der Waals surface area contributed by atoms with Gasteiger partial charge in [0, 0.05) is 24.2 Å². The van der Waals surface area contributed by atoms with Gasteiger partial charge in [0.2, 0.25) is 5.95 Å². The van der Waals surface area contributed by atoms with Crippen molar-refractivity contribution in [3.8, 4) is 21.8 Å². The maximum absolute atomic E-state index is 14.0. The zero-order chi connectivity index (χ0) is 22.7. The normalized spacial score (nSPS) is 18.8. The molecule has 1 saturated heterocycles. The van der Waals surface area contributed by atoms with E-state index >= 15 is 0 Å². The highest BCUT2D eigenvalue weighted by atomic mass is 32.1. The van der Waals surface area contributed by atoms with E-state index in [2.05, 4.69) is 15.6 Å². The molecule has 0 amide bonds. The molecule has 1 saturated carbocycles. The lowest BCUT2D eigenvalue weighted by Gasteiger charge is -2.31. The fourth-order valence-electron chi connectivity index (χ4n) is 4.78. The van der Waals surface area contributed by atoms with Gasteiger partial charge in [-0.3, -0.25) is 0 Å². The molecule has 0 spiro atoms. The van der Waals surface area contributed by atoms with Gasteiger partial charge in [0.15, 0.2) is 0 Å². The number of aliphatic hydroxyl groups is 1. The second kappa shape index (κ2) is 9.83. The first kappa shape index (κ1) is 22.4. The van der Waals surface area contributed by atoms with Crippen LogP contribution in [0.15, 0.2) is 36.5 Å². The Bertz CT molecular complexity index is 1090. The van der Waals surface area contributed by atoms with E-state index in [9.17, 15) is 9.50 Å². The number of piperidine rings is 1. The predicted octanol–water partition coefficient (Wildman–Crippen LogP) is 4.81. The van der Waals surface area contributed by atoms with E-state index in [-0.39, 0.29) is 5.82 Å². The molecule has 0 bridgehead atoms. The van der Waals surface area contributed by atoms with Crippen LogP contribution in [0, 0.1) is 5.82 Å². The highest BCUT2D eigenvalue weighted by Crippen LogP contribution is 2.38. The van der Waals surface area contributed by atoms with Crippen molar-refractivity contribution in [2.75, 3.05) is 18.4 Å². The van der Waals surface area contributed by atoms with Crippen LogP contribution in [0.3, 0.4) is 0 Å². The molecule has 1 aliphatic heterocycles. The Balaban J connectivity index is 1.48. The van der Waals surface area contributed by atoms with Gasteiger partial charge in [0.05, 0.1) is 26.9 Å². The summed E-state index contributed by atoms with van der Waals surface area (Å²) in [6.45, 7) is 1.60. The summed E-state index contributed by atoms with van der Waals surface area (Å²) in [5.74, 6) is 0.323. The minimum Gasteiger partial charge on any atom is -0.389 e. The van der Waals surface area contributed by atoms with Crippen molar-refractivity contribution in [1.29, 1.82) is 0 Å². The SMILES string of the molecule is OC1(Cc2nc(-c3cccc(F)c3)c(-c3ccnc(NC4CCCCC4)n3)s2)CCNCC1. The number of rotatable bonds is 6. The van der Waals surface area contributed by atoms with E-state index < -0.39 is 5.60 Å². The number of benzene rings is 1. The van der Waals surface area contributed by atoms with E-state index in [1.807, 2.05) is 12.1 Å². The summed E-state index contributed by atoms with van der Waals surface area (Å²) in [5, 5.41) is 18.7. The molecule has 1 aromatic carbocycles. The van der Waals surface area contributed by atoms with Crippen LogP contribution in [-0.4, -0.2) is 44.8 Å². The number of thiazole rings is 1. The number of nitrogens with one attached hydrogen (secondary N) is 2. The Morgan fingerprint density at radius 3 is 2.73 bits per heavy atom. The molecular formula is C25H30FN5OS. The smallest absolute Gasteiger partial charge is 0.223 e. The molecule has 3 N–H and O–H groups in total. The molecule has 2 aromatic heterocycles. The molecule has 8 heteroatoms. The lowest BCUT2D eigenvalue weighted by atomic mass is 9.89. The van der Waals surface area contributed by atoms with Gasteiger partial charge >= 0.3 is 0 Å². The highest BCUT2D eigenvalue weighted by Gasteiger charge is 2.31. The molecule has 174 valence electrons. The molecule has 3 aromatic rings. The van der Waals surface area contributed by atoms with Gasteiger partial charge < -0.3 is 15.7 Å². The average Bonchev–Trinajstić information content (AvgIpc) is 3.24. The van der Waals surface area contributed by atoms with Crippen LogP contribution in [0.25, 0.3) is 21.8 Å². The van der Waals surface area contributed by atoms with Crippen LogP contribution in [0.5, 0.6) is 0 Å². The van der Waals surface area contributed by atoms with Crippen LogP contribution in [0.2, 0.25) is 0 Å². The average molecular weight is 468 g/mol. The Labute approximate surface area is 197 Å². The summed E-state index contributed by atoms with van der Waals surface area (Å²) in [6, 6.07) is 8.79. The van der Waals surface area contributed by atoms with Gasteiger partial charge in [-0.25, -0.2) is 19.3 Å². The van der Waals surface area contributed by atoms with Crippen LogP contribution in [0.1, 0.15) is 50.0 Å². The monoisotopic (exact) mass is 467 g/mol.